The van der Waals surface area contributed by atoms with Crippen LogP contribution in [-0.2, 0) is 6.42 Å². The summed E-state index contributed by atoms with van der Waals surface area (Å²) < 4.78 is 16.9. The summed E-state index contributed by atoms with van der Waals surface area (Å²) in [6, 6.07) is 10.0. The van der Waals surface area contributed by atoms with Crippen molar-refractivity contribution in [1.82, 2.24) is 4.90 Å². The molecule has 0 bridgehead atoms. The molecule has 2 aromatic rings. The van der Waals surface area contributed by atoms with Gasteiger partial charge in [-0.05, 0) is 29.8 Å². The van der Waals surface area contributed by atoms with Crippen LogP contribution in [0.2, 0.25) is 5.02 Å². The molecule has 4 rings (SSSR count). The smallest absolute Gasteiger partial charge is 0.311 e. The highest BCUT2D eigenvalue weighted by atomic mass is 35.5. The standard InChI is InChI=1S/C22H25ClN2O6/c1-29-18-3-4-19(25(27)28)21(11-18)30-14-17(26)13-24-8-6-22(7-9-24)12-15-10-16(23)2-5-20(15)31-22/h2-5,10-11,17,26H,6-9,12-14H2,1H3/t17-/m1/s1. The molecule has 2 aliphatic heterocycles. The number of aliphatic hydroxyl groups excluding tert-OH is 1. The van der Waals surface area contributed by atoms with Crippen LogP contribution in [0, 0.1) is 10.1 Å². The van der Waals surface area contributed by atoms with Gasteiger partial charge in [0, 0.05) is 56.1 Å². The molecule has 0 radical (unpaired) electrons. The summed E-state index contributed by atoms with van der Waals surface area (Å²) in [5, 5.41) is 22.4. The molecular formula is C22H25ClN2O6. The van der Waals surface area contributed by atoms with Gasteiger partial charge in [-0.3, -0.25) is 10.1 Å². The number of hydrogen-bond acceptors (Lipinski definition) is 7. The molecule has 1 saturated heterocycles. The third-order valence-corrected chi connectivity index (χ3v) is 6.13. The molecule has 0 unspecified atom stereocenters. The minimum Gasteiger partial charge on any atom is -0.497 e. The van der Waals surface area contributed by atoms with E-state index in [4.69, 9.17) is 25.8 Å². The number of benzene rings is 2. The van der Waals surface area contributed by atoms with Gasteiger partial charge < -0.3 is 24.2 Å². The highest BCUT2D eigenvalue weighted by Crippen LogP contribution is 2.42. The number of nitrogens with zero attached hydrogens (tertiary/aromatic N) is 2. The predicted octanol–water partition coefficient (Wildman–Crippen LogP) is 3.47. The molecule has 2 aromatic carbocycles. The van der Waals surface area contributed by atoms with Crippen molar-refractivity contribution in [3.63, 3.8) is 0 Å². The third kappa shape index (κ3) is 4.87. The van der Waals surface area contributed by atoms with Gasteiger partial charge >= 0.3 is 5.69 Å². The van der Waals surface area contributed by atoms with Gasteiger partial charge in [0.1, 0.15) is 29.8 Å². The Kier molecular flexibility index (Phi) is 6.22. The number of piperidine rings is 1. The Morgan fingerprint density at radius 2 is 2.06 bits per heavy atom. The lowest BCUT2D eigenvalue weighted by atomic mass is 9.87. The highest BCUT2D eigenvalue weighted by Gasteiger charge is 2.42. The molecule has 0 saturated carbocycles. The number of hydrogen-bond donors (Lipinski definition) is 1. The number of rotatable bonds is 7. The first-order chi connectivity index (χ1) is 14.9. The Bertz CT molecular complexity index is 961. The number of likely N-dealkylation sites (tertiary alicyclic amines) is 1. The molecule has 0 amide bonds. The first-order valence-electron chi connectivity index (χ1n) is 10.2. The number of nitro groups is 1. The predicted molar refractivity (Wildman–Crippen MR) is 115 cm³/mol. The number of ether oxygens (including phenoxy) is 3. The van der Waals surface area contributed by atoms with Crippen LogP contribution >= 0.6 is 11.6 Å². The zero-order valence-electron chi connectivity index (χ0n) is 17.3. The van der Waals surface area contributed by atoms with Crippen LogP contribution in [0.4, 0.5) is 5.69 Å². The topological polar surface area (TPSA) is 94.3 Å². The van der Waals surface area contributed by atoms with Crippen LogP contribution in [0.3, 0.4) is 0 Å². The van der Waals surface area contributed by atoms with Crippen LogP contribution in [0.1, 0.15) is 18.4 Å². The molecule has 2 aliphatic rings. The summed E-state index contributed by atoms with van der Waals surface area (Å²) in [5.74, 6) is 1.44. The minimum absolute atomic E-state index is 0.0455. The van der Waals surface area contributed by atoms with Gasteiger partial charge in [-0.25, -0.2) is 0 Å². The van der Waals surface area contributed by atoms with Crippen LogP contribution in [0.25, 0.3) is 0 Å². The van der Waals surface area contributed by atoms with E-state index >= 15 is 0 Å². The van der Waals surface area contributed by atoms with Crippen LogP contribution in [0.5, 0.6) is 17.2 Å². The Balaban J connectivity index is 1.28. The second-order valence-corrected chi connectivity index (χ2v) is 8.51. The number of aliphatic hydroxyl groups is 1. The zero-order valence-corrected chi connectivity index (χ0v) is 18.0. The summed E-state index contributed by atoms with van der Waals surface area (Å²) in [6.45, 7) is 1.96. The fourth-order valence-electron chi connectivity index (χ4n) is 4.25. The van der Waals surface area contributed by atoms with E-state index in [1.165, 1.54) is 25.3 Å². The minimum atomic E-state index is -0.777. The van der Waals surface area contributed by atoms with E-state index in [9.17, 15) is 15.2 Å². The fraction of sp³-hybridized carbons (Fsp3) is 0.455. The lowest BCUT2D eigenvalue weighted by Crippen LogP contribution is -2.49. The average molecular weight is 449 g/mol. The van der Waals surface area contributed by atoms with E-state index in [2.05, 4.69) is 4.90 Å². The van der Waals surface area contributed by atoms with Crippen molar-refractivity contribution in [3.8, 4) is 17.2 Å². The monoisotopic (exact) mass is 448 g/mol. The second kappa shape index (κ2) is 8.90. The Morgan fingerprint density at radius 1 is 1.29 bits per heavy atom. The summed E-state index contributed by atoms with van der Waals surface area (Å²) in [4.78, 5) is 12.9. The molecule has 1 atom stereocenters. The molecule has 2 heterocycles. The van der Waals surface area contributed by atoms with Gasteiger partial charge in [-0.15, -0.1) is 0 Å². The van der Waals surface area contributed by atoms with Crippen molar-refractivity contribution in [3.05, 3.63) is 57.1 Å². The molecule has 1 spiro atoms. The van der Waals surface area contributed by atoms with Crippen molar-refractivity contribution >= 4 is 17.3 Å². The number of fused-ring (bicyclic) bond motifs is 1. The highest BCUT2D eigenvalue weighted by molar-refractivity contribution is 6.30. The fourth-order valence-corrected chi connectivity index (χ4v) is 4.44. The summed E-state index contributed by atoms with van der Waals surface area (Å²) in [5.41, 5.74) is 0.784. The van der Waals surface area contributed by atoms with Crippen molar-refractivity contribution in [2.24, 2.45) is 0 Å². The van der Waals surface area contributed by atoms with E-state index in [0.29, 0.717) is 12.3 Å². The Morgan fingerprint density at radius 3 is 2.77 bits per heavy atom. The van der Waals surface area contributed by atoms with Crippen LogP contribution < -0.4 is 14.2 Å². The molecule has 0 aliphatic carbocycles. The average Bonchev–Trinajstić information content (AvgIpc) is 3.10. The maximum absolute atomic E-state index is 11.2. The lowest BCUT2D eigenvalue weighted by molar-refractivity contribution is -0.385. The van der Waals surface area contributed by atoms with Crippen molar-refractivity contribution in [1.29, 1.82) is 0 Å². The van der Waals surface area contributed by atoms with Gasteiger partial charge in [-0.2, -0.15) is 0 Å². The van der Waals surface area contributed by atoms with Crippen molar-refractivity contribution < 1.29 is 24.2 Å². The lowest BCUT2D eigenvalue weighted by Gasteiger charge is -2.39. The number of nitro benzene ring substituents is 1. The first kappa shape index (κ1) is 21.7. The first-order valence-corrected chi connectivity index (χ1v) is 10.6. The molecule has 8 nitrogen and oxygen atoms in total. The SMILES string of the molecule is COc1ccc([N+](=O)[O-])c(OC[C@H](O)CN2CCC3(CC2)Cc2cc(Cl)ccc2O3)c1. The molecule has 0 aromatic heterocycles. The van der Waals surface area contributed by atoms with Gasteiger partial charge in [-0.1, -0.05) is 11.6 Å². The summed E-state index contributed by atoms with van der Waals surface area (Å²) >= 11 is 6.10. The van der Waals surface area contributed by atoms with Crippen LogP contribution in [-0.4, -0.2) is 60.0 Å². The Labute approximate surface area is 185 Å². The summed E-state index contributed by atoms with van der Waals surface area (Å²) in [6.07, 6.45) is 1.78. The van der Waals surface area contributed by atoms with Crippen molar-refractivity contribution in [2.75, 3.05) is 33.4 Å². The number of halogens is 1. The van der Waals surface area contributed by atoms with Gasteiger partial charge in [0.15, 0.2) is 0 Å². The normalized spacial score (nSPS) is 18.3. The van der Waals surface area contributed by atoms with E-state index in [-0.39, 0.29) is 23.6 Å². The zero-order chi connectivity index (χ0) is 22.0. The number of β-amino-alcohol motifs (C(OH)–C–C–N with tert-alkyl or cyclic N) is 1. The van der Waals surface area contributed by atoms with Gasteiger partial charge in [0.25, 0.3) is 0 Å². The molecule has 1 N–H and O–H groups in total. The number of methoxy groups -OCH3 is 1. The second-order valence-electron chi connectivity index (χ2n) is 8.07. The third-order valence-electron chi connectivity index (χ3n) is 5.89. The van der Waals surface area contributed by atoms with E-state index < -0.39 is 11.0 Å². The molecular weight excluding hydrogens is 424 g/mol. The largest absolute Gasteiger partial charge is 0.497 e. The van der Waals surface area contributed by atoms with Gasteiger partial charge in [0.05, 0.1) is 12.0 Å². The molecule has 9 heteroatoms. The summed E-state index contributed by atoms with van der Waals surface area (Å²) in [7, 11) is 1.48. The molecule has 31 heavy (non-hydrogen) atoms. The van der Waals surface area contributed by atoms with E-state index in [0.717, 1.165) is 48.7 Å². The van der Waals surface area contributed by atoms with E-state index in [1.807, 2.05) is 18.2 Å². The Hall–Kier alpha value is -2.55. The maximum atomic E-state index is 11.2. The van der Waals surface area contributed by atoms with Gasteiger partial charge in [0.2, 0.25) is 5.75 Å². The molecule has 1 fully saturated rings. The molecule has 166 valence electrons. The van der Waals surface area contributed by atoms with Crippen molar-refractivity contribution in [2.45, 2.75) is 31.0 Å². The van der Waals surface area contributed by atoms with Crippen LogP contribution in [0.15, 0.2) is 36.4 Å². The van der Waals surface area contributed by atoms with E-state index in [1.54, 1.807) is 0 Å². The quantitative estimate of drug-likeness (QED) is 0.512. The maximum Gasteiger partial charge on any atom is 0.311 e.